The summed E-state index contributed by atoms with van der Waals surface area (Å²) in [5.41, 5.74) is 1.51. The summed E-state index contributed by atoms with van der Waals surface area (Å²) < 4.78 is 37.3. The van der Waals surface area contributed by atoms with E-state index in [1.165, 1.54) is 6.08 Å². The Hall–Kier alpha value is -3.18. The lowest BCUT2D eigenvalue weighted by Gasteiger charge is -2.22. The highest BCUT2D eigenvalue weighted by molar-refractivity contribution is 6.33. The van der Waals surface area contributed by atoms with E-state index in [-0.39, 0.29) is 18.5 Å². The molecule has 1 aromatic heterocycles. The van der Waals surface area contributed by atoms with Crippen molar-refractivity contribution in [3.63, 3.8) is 0 Å². The number of imidazole rings is 1. The molecule has 1 aromatic carbocycles. The number of carbonyl (C=O) groups excluding carboxylic acids is 1. The molecule has 35 heavy (non-hydrogen) atoms. The Bertz CT molecular complexity index is 1140. The lowest BCUT2D eigenvalue weighted by Crippen LogP contribution is -2.32. The van der Waals surface area contributed by atoms with Crippen LogP contribution in [0, 0.1) is 0 Å². The first-order valence-electron chi connectivity index (χ1n) is 10.8. The van der Waals surface area contributed by atoms with Gasteiger partial charge < -0.3 is 29.8 Å². The third-order valence-electron chi connectivity index (χ3n) is 5.05. The maximum atomic E-state index is 12.6. The highest BCUT2D eigenvalue weighted by Crippen LogP contribution is 2.31. The molecular weight excluding hydrogens is 486 g/mol. The zero-order valence-corrected chi connectivity index (χ0v) is 20.4. The number of alkyl carbamates (subject to hydrolysis) is 1. The fourth-order valence-electron chi connectivity index (χ4n) is 3.47. The number of ether oxygens (including phenoxy) is 2. The Morgan fingerprint density at radius 1 is 1.34 bits per heavy atom. The smallest absolute Gasteiger partial charge is 0.407 e. The van der Waals surface area contributed by atoms with Crippen LogP contribution >= 0.6 is 11.6 Å². The maximum absolute atomic E-state index is 12.6. The molecule has 0 aliphatic heterocycles. The molecule has 1 unspecified atom stereocenters. The molecule has 0 saturated carbocycles. The Morgan fingerprint density at radius 2 is 2.06 bits per heavy atom. The second-order valence-corrected chi connectivity index (χ2v) is 9.35. The van der Waals surface area contributed by atoms with Crippen LogP contribution in [0.15, 0.2) is 23.8 Å². The lowest BCUT2D eigenvalue weighted by atomic mass is 9.96. The molecule has 12 heteroatoms. The quantitative estimate of drug-likeness (QED) is 0.476. The average molecular weight is 513 g/mol. The zero-order valence-electron chi connectivity index (χ0n) is 19.7. The predicted octanol–water partition coefficient (Wildman–Crippen LogP) is 4.52. The first kappa shape index (κ1) is 26.4. The first-order valence-corrected chi connectivity index (χ1v) is 11.1. The van der Waals surface area contributed by atoms with Gasteiger partial charge in [-0.2, -0.15) is 0 Å². The number of aliphatic carboxylic acids is 1. The minimum atomic E-state index is -2.71. The van der Waals surface area contributed by atoms with Crippen LogP contribution in [0.4, 0.5) is 25.2 Å². The summed E-state index contributed by atoms with van der Waals surface area (Å²) in [6.07, 6.45) is -2.90. The Labute approximate surface area is 206 Å². The Balaban J connectivity index is 1.79. The van der Waals surface area contributed by atoms with Gasteiger partial charge in [0.05, 0.1) is 28.1 Å². The molecule has 190 valence electrons. The monoisotopic (exact) mass is 512 g/mol. The van der Waals surface area contributed by atoms with Gasteiger partial charge >= 0.3 is 12.1 Å². The number of carbonyl (C=O) groups is 2. The number of nitrogens with zero attached hydrogens (tertiary/aromatic N) is 2. The van der Waals surface area contributed by atoms with Gasteiger partial charge in [-0.05, 0) is 44.5 Å². The van der Waals surface area contributed by atoms with Crippen LogP contribution in [0.1, 0.15) is 37.7 Å². The number of rotatable bonds is 8. The van der Waals surface area contributed by atoms with Crippen molar-refractivity contribution in [2.75, 3.05) is 11.9 Å². The standard InChI is InChI=1S/C23H27ClF2N4O5/c1-23(2,3)35-22(33)27-10-12-5-6-14(24)15(7-12)28-21-29-16-8-13(20(31)32)18(34-11-19(25)26)9-17(16)30(21)4/h5-8,18-19H,9-11H2,1-4H3,(H,27,33)(H,28,29)(H,31,32). The predicted molar refractivity (Wildman–Crippen MR) is 126 cm³/mol. The molecule has 1 heterocycles. The number of benzene rings is 1. The summed E-state index contributed by atoms with van der Waals surface area (Å²) in [5, 5.41) is 15.7. The number of aromatic nitrogens is 2. The molecule has 1 aliphatic rings. The van der Waals surface area contributed by atoms with E-state index in [9.17, 15) is 23.5 Å². The minimum Gasteiger partial charge on any atom is -0.478 e. The van der Waals surface area contributed by atoms with Crippen LogP contribution < -0.4 is 10.6 Å². The van der Waals surface area contributed by atoms with Crippen molar-refractivity contribution in [2.45, 2.75) is 51.9 Å². The maximum Gasteiger partial charge on any atom is 0.407 e. The molecule has 0 radical (unpaired) electrons. The summed E-state index contributed by atoms with van der Waals surface area (Å²) in [5.74, 6) is -0.895. The van der Waals surface area contributed by atoms with Gasteiger partial charge in [-0.3, -0.25) is 0 Å². The van der Waals surface area contributed by atoms with Gasteiger partial charge in [0, 0.05) is 25.7 Å². The molecule has 3 N–H and O–H groups in total. The van der Waals surface area contributed by atoms with Gasteiger partial charge in [-0.15, -0.1) is 0 Å². The third kappa shape index (κ3) is 6.92. The van der Waals surface area contributed by atoms with Crippen LogP contribution in [0.25, 0.3) is 6.08 Å². The SMILES string of the molecule is Cn1c(Nc2cc(CNC(=O)OC(C)(C)C)ccc2Cl)nc2c1CC(OCC(F)F)C(C(=O)O)=C2. The van der Waals surface area contributed by atoms with Crippen LogP contribution in [-0.2, 0) is 34.3 Å². The molecule has 2 aromatic rings. The van der Waals surface area contributed by atoms with Crippen LogP contribution in [0.3, 0.4) is 0 Å². The summed E-state index contributed by atoms with van der Waals surface area (Å²) in [4.78, 5) is 28.0. The Morgan fingerprint density at radius 3 is 2.69 bits per heavy atom. The fourth-order valence-corrected chi connectivity index (χ4v) is 3.64. The van der Waals surface area contributed by atoms with E-state index in [1.807, 2.05) is 0 Å². The minimum absolute atomic E-state index is 0.0684. The van der Waals surface area contributed by atoms with E-state index in [2.05, 4.69) is 15.6 Å². The van der Waals surface area contributed by atoms with Crippen molar-refractivity contribution in [3.05, 3.63) is 45.7 Å². The molecule has 0 saturated heterocycles. The number of halogens is 3. The number of nitrogens with one attached hydrogen (secondary N) is 2. The van der Waals surface area contributed by atoms with E-state index in [1.54, 1.807) is 50.6 Å². The second kappa shape index (κ2) is 10.6. The zero-order chi connectivity index (χ0) is 25.9. The number of hydrogen-bond donors (Lipinski definition) is 3. The first-order chi connectivity index (χ1) is 16.3. The van der Waals surface area contributed by atoms with Gasteiger partial charge in [0.1, 0.15) is 12.2 Å². The molecular formula is C23H27ClF2N4O5. The lowest BCUT2D eigenvalue weighted by molar-refractivity contribution is -0.134. The van der Waals surface area contributed by atoms with Gasteiger partial charge in [0.15, 0.2) is 0 Å². The van der Waals surface area contributed by atoms with E-state index in [4.69, 9.17) is 21.1 Å². The molecule has 0 bridgehead atoms. The van der Waals surface area contributed by atoms with Gasteiger partial charge in [-0.25, -0.2) is 23.4 Å². The van der Waals surface area contributed by atoms with Crippen molar-refractivity contribution in [3.8, 4) is 0 Å². The molecule has 1 aliphatic carbocycles. The second-order valence-electron chi connectivity index (χ2n) is 8.94. The molecule has 1 atom stereocenters. The molecule has 0 spiro atoms. The van der Waals surface area contributed by atoms with E-state index in [0.29, 0.717) is 28.0 Å². The van der Waals surface area contributed by atoms with Crippen LogP contribution in [-0.4, -0.2) is 51.5 Å². The van der Waals surface area contributed by atoms with Crippen molar-refractivity contribution in [2.24, 2.45) is 7.05 Å². The van der Waals surface area contributed by atoms with E-state index in [0.717, 1.165) is 5.56 Å². The topological polar surface area (TPSA) is 115 Å². The number of hydrogen-bond acceptors (Lipinski definition) is 6. The molecule has 1 amide bonds. The van der Waals surface area contributed by atoms with Gasteiger partial charge in [0.25, 0.3) is 6.43 Å². The van der Waals surface area contributed by atoms with Crippen molar-refractivity contribution in [1.82, 2.24) is 14.9 Å². The van der Waals surface area contributed by atoms with Crippen molar-refractivity contribution >= 4 is 41.4 Å². The largest absolute Gasteiger partial charge is 0.478 e. The summed E-state index contributed by atoms with van der Waals surface area (Å²) in [6.45, 7) is 4.64. The summed E-state index contributed by atoms with van der Waals surface area (Å²) in [7, 11) is 1.71. The number of anilines is 2. The highest BCUT2D eigenvalue weighted by atomic mass is 35.5. The Kier molecular flexibility index (Phi) is 8.01. The normalized spacial score (nSPS) is 15.4. The molecule has 0 fully saturated rings. The van der Waals surface area contributed by atoms with Gasteiger partial charge in [-0.1, -0.05) is 17.7 Å². The highest BCUT2D eigenvalue weighted by Gasteiger charge is 2.31. The third-order valence-corrected chi connectivity index (χ3v) is 5.38. The summed E-state index contributed by atoms with van der Waals surface area (Å²) >= 11 is 6.34. The van der Waals surface area contributed by atoms with E-state index >= 15 is 0 Å². The number of carboxylic acid groups (broad SMARTS) is 1. The van der Waals surface area contributed by atoms with Crippen molar-refractivity contribution in [1.29, 1.82) is 0 Å². The van der Waals surface area contributed by atoms with Crippen molar-refractivity contribution < 1.29 is 33.0 Å². The number of fused-ring (bicyclic) bond motifs is 1. The average Bonchev–Trinajstić information content (AvgIpc) is 3.05. The number of alkyl halides is 2. The molecule has 3 rings (SSSR count). The van der Waals surface area contributed by atoms with Crippen LogP contribution in [0.2, 0.25) is 5.02 Å². The number of carboxylic acids is 1. The van der Waals surface area contributed by atoms with E-state index < -0.39 is 36.8 Å². The van der Waals surface area contributed by atoms with Gasteiger partial charge in [0.2, 0.25) is 5.95 Å². The van der Waals surface area contributed by atoms with Crippen LogP contribution in [0.5, 0.6) is 0 Å². The summed E-state index contributed by atoms with van der Waals surface area (Å²) in [6, 6.07) is 5.15. The number of amides is 1. The fraction of sp³-hybridized carbons (Fsp3) is 0.435. The molecule has 9 nitrogen and oxygen atoms in total.